The third kappa shape index (κ3) is 7.90. The Kier molecular flexibility index (Phi) is 9.09. The van der Waals surface area contributed by atoms with Crippen LogP contribution in [0.4, 0.5) is 16.2 Å². The summed E-state index contributed by atoms with van der Waals surface area (Å²) in [5.41, 5.74) is 3.30. The maximum Gasteiger partial charge on any atom is 0.333 e. The van der Waals surface area contributed by atoms with Crippen molar-refractivity contribution in [2.24, 2.45) is 5.84 Å². The lowest BCUT2D eigenvalue weighted by molar-refractivity contribution is -0.116. The summed E-state index contributed by atoms with van der Waals surface area (Å²) >= 11 is 1.90. The van der Waals surface area contributed by atoms with Crippen LogP contribution in [0.5, 0.6) is 0 Å². The lowest BCUT2D eigenvalue weighted by Crippen LogP contribution is -2.34. The van der Waals surface area contributed by atoms with Crippen LogP contribution in [0.2, 0.25) is 0 Å². The molecular formula is C15H24N4O2S. The van der Waals surface area contributed by atoms with Gasteiger partial charge in [-0.3, -0.25) is 10.2 Å². The maximum absolute atomic E-state index is 11.8. The number of unbranched alkanes of at least 4 members (excludes halogenated alkanes) is 1. The van der Waals surface area contributed by atoms with Gasteiger partial charge in [-0.2, -0.15) is 11.8 Å². The summed E-state index contributed by atoms with van der Waals surface area (Å²) in [5.74, 6) is 7.18. The third-order valence-electron chi connectivity index (χ3n) is 2.89. The van der Waals surface area contributed by atoms with E-state index in [1.54, 1.807) is 24.3 Å². The van der Waals surface area contributed by atoms with E-state index in [0.717, 1.165) is 12.2 Å². The van der Waals surface area contributed by atoms with Gasteiger partial charge in [-0.1, -0.05) is 13.3 Å². The first-order chi connectivity index (χ1) is 10.7. The first-order valence-corrected chi connectivity index (χ1v) is 8.56. The van der Waals surface area contributed by atoms with Gasteiger partial charge in [-0.15, -0.1) is 0 Å². The number of benzene rings is 1. The van der Waals surface area contributed by atoms with E-state index in [0.29, 0.717) is 17.8 Å². The van der Waals surface area contributed by atoms with E-state index in [4.69, 9.17) is 5.84 Å². The molecule has 0 spiro atoms. The Morgan fingerprint density at radius 2 is 1.64 bits per heavy atom. The minimum atomic E-state index is -0.489. The van der Waals surface area contributed by atoms with Crippen molar-refractivity contribution >= 4 is 35.1 Å². The molecule has 3 amide bonds. The topological polar surface area (TPSA) is 96.2 Å². The fourth-order valence-electron chi connectivity index (χ4n) is 1.71. The van der Waals surface area contributed by atoms with Crippen molar-refractivity contribution in [3.05, 3.63) is 24.3 Å². The second kappa shape index (κ2) is 10.9. The Bertz CT molecular complexity index is 465. The molecule has 0 bridgehead atoms. The van der Waals surface area contributed by atoms with E-state index in [9.17, 15) is 9.59 Å². The maximum atomic E-state index is 11.8. The van der Waals surface area contributed by atoms with Gasteiger partial charge in [0.1, 0.15) is 0 Å². The number of carbonyl (C=O) groups is 2. The number of amides is 3. The summed E-state index contributed by atoms with van der Waals surface area (Å²) in [7, 11) is 0. The van der Waals surface area contributed by atoms with Crippen LogP contribution in [-0.4, -0.2) is 23.4 Å². The molecule has 6 nitrogen and oxygen atoms in total. The summed E-state index contributed by atoms with van der Waals surface area (Å²) in [4.78, 5) is 22.8. The van der Waals surface area contributed by atoms with E-state index in [1.165, 1.54) is 18.6 Å². The van der Waals surface area contributed by atoms with Gasteiger partial charge in [0.2, 0.25) is 5.91 Å². The van der Waals surface area contributed by atoms with E-state index in [1.807, 2.05) is 17.2 Å². The average Bonchev–Trinajstić information content (AvgIpc) is 2.52. The van der Waals surface area contributed by atoms with Crippen molar-refractivity contribution in [2.45, 2.75) is 32.6 Å². The minimum Gasteiger partial charge on any atom is -0.326 e. The molecular weight excluding hydrogens is 300 g/mol. The van der Waals surface area contributed by atoms with Crippen molar-refractivity contribution in [1.82, 2.24) is 5.43 Å². The zero-order valence-corrected chi connectivity index (χ0v) is 13.7. The van der Waals surface area contributed by atoms with Crippen molar-refractivity contribution in [3.63, 3.8) is 0 Å². The summed E-state index contributed by atoms with van der Waals surface area (Å²) in [5, 5.41) is 5.38. The summed E-state index contributed by atoms with van der Waals surface area (Å²) in [6.07, 6.45) is 3.86. The summed E-state index contributed by atoms with van der Waals surface area (Å²) < 4.78 is 0. The van der Waals surface area contributed by atoms with Crippen molar-refractivity contribution < 1.29 is 9.59 Å². The standard InChI is InChI=1S/C15H24N4O2S/c1-2-3-10-22-11-4-5-14(20)17-12-6-8-13(9-7-12)18-15(21)19-16/h6-9H,2-5,10-11,16H2,1H3,(H,17,20)(H2,18,19,21). The molecule has 0 aromatic heterocycles. The van der Waals surface area contributed by atoms with E-state index in [-0.39, 0.29) is 5.91 Å². The Balaban J connectivity index is 2.25. The van der Waals surface area contributed by atoms with Crippen molar-refractivity contribution in [3.8, 4) is 0 Å². The number of hydrogen-bond donors (Lipinski definition) is 4. The highest BCUT2D eigenvalue weighted by Crippen LogP contribution is 2.14. The normalized spacial score (nSPS) is 10.1. The number of urea groups is 1. The highest BCUT2D eigenvalue weighted by atomic mass is 32.2. The molecule has 0 aliphatic carbocycles. The molecule has 1 aromatic rings. The highest BCUT2D eigenvalue weighted by Gasteiger charge is 2.03. The van der Waals surface area contributed by atoms with Crippen LogP contribution in [-0.2, 0) is 4.79 Å². The number of carbonyl (C=O) groups excluding carboxylic acids is 2. The zero-order chi connectivity index (χ0) is 16.2. The first-order valence-electron chi connectivity index (χ1n) is 7.41. The number of rotatable bonds is 9. The van der Waals surface area contributed by atoms with Gasteiger partial charge in [0.05, 0.1) is 0 Å². The van der Waals surface area contributed by atoms with Gasteiger partial charge >= 0.3 is 6.03 Å². The van der Waals surface area contributed by atoms with Crippen LogP contribution >= 0.6 is 11.8 Å². The van der Waals surface area contributed by atoms with Crippen LogP contribution < -0.4 is 21.9 Å². The molecule has 0 aliphatic rings. The molecule has 0 radical (unpaired) electrons. The fourth-order valence-corrected chi connectivity index (χ4v) is 2.76. The number of hydrazine groups is 1. The summed E-state index contributed by atoms with van der Waals surface area (Å²) in [6, 6.07) is 6.38. The Morgan fingerprint density at radius 1 is 1.05 bits per heavy atom. The van der Waals surface area contributed by atoms with Gasteiger partial charge in [0, 0.05) is 17.8 Å². The molecule has 0 fully saturated rings. The molecule has 0 aliphatic heterocycles. The highest BCUT2D eigenvalue weighted by molar-refractivity contribution is 7.99. The molecule has 1 rings (SSSR count). The Morgan fingerprint density at radius 3 is 2.23 bits per heavy atom. The average molecular weight is 324 g/mol. The number of nitrogens with two attached hydrogens (primary N) is 1. The molecule has 7 heteroatoms. The molecule has 0 saturated carbocycles. The third-order valence-corrected chi connectivity index (χ3v) is 4.05. The lowest BCUT2D eigenvalue weighted by atomic mass is 10.2. The molecule has 0 atom stereocenters. The van der Waals surface area contributed by atoms with E-state index < -0.39 is 6.03 Å². The lowest BCUT2D eigenvalue weighted by Gasteiger charge is -2.07. The predicted molar refractivity (Wildman–Crippen MR) is 92.9 cm³/mol. The van der Waals surface area contributed by atoms with Gasteiger partial charge in [-0.05, 0) is 48.6 Å². The van der Waals surface area contributed by atoms with Gasteiger partial charge in [-0.25, -0.2) is 10.6 Å². The monoisotopic (exact) mass is 324 g/mol. The van der Waals surface area contributed by atoms with Crippen molar-refractivity contribution in [1.29, 1.82) is 0 Å². The molecule has 122 valence electrons. The Labute approximate surface area is 135 Å². The number of hydrogen-bond acceptors (Lipinski definition) is 4. The largest absolute Gasteiger partial charge is 0.333 e. The second-order valence-electron chi connectivity index (χ2n) is 4.79. The quantitative estimate of drug-likeness (QED) is 0.243. The van der Waals surface area contributed by atoms with Crippen LogP contribution in [0.1, 0.15) is 32.6 Å². The van der Waals surface area contributed by atoms with Gasteiger partial charge in [0.25, 0.3) is 0 Å². The van der Waals surface area contributed by atoms with Crippen LogP contribution in [0, 0.1) is 0 Å². The summed E-state index contributed by atoms with van der Waals surface area (Å²) in [6.45, 7) is 2.18. The second-order valence-corrected chi connectivity index (χ2v) is 6.02. The molecule has 22 heavy (non-hydrogen) atoms. The number of anilines is 2. The minimum absolute atomic E-state index is 0.0106. The molecule has 0 heterocycles. The SMILES string of the molecule is CCCCSCCCC(=O)Nc1ccc(NC(=O)NN)cc1. The van der Waals surface area contributed by atoms with Crippen LogP contribution in [0.3, 0.4) is 0 Å². The van der Waals surface area contributed by atoms with Crippen LogP contribution in [0.15, 0.2) is 24.3 Å². The van der Waals surface area contributed by atoms with Crippen molar-refractivity contribution in [2.75, 3.05) is 22.1 Å². The smallest absolute Gasteiger partial charge is 0.326 e. The molecule has 0 unspecified atom stereocenters. The zero-order valence-electron chi connectivity index (χ0n) is 12.9. The molecule has 0 saturated heterocycles. The van der Waals surface area contributed by atoms with E-state index >= 15 is 0 Å². The predicted octanol–water partition coefficient (Wildman–Crippen LogP) is 2.93. The molecule has 1 aromatic carbocycles. The fraction of sp³-hybridized carbons (Fsp3) is 0.467. The first kappa shape index (κ1) is 18.3. The van der Waals surface area contributed by atoms with Crippen LogP contribution in [0.25, 0.3) is 0 Å². The van der Waals surface area contributed by atoms with Gasteiger partial charge in [0.15, 0.2) is 0 Å². The Hall–Kier alpha value is -1.73. The molecule has 5 N–H and O–H groups in total. The number of nitrogens with one attached hydrogen (secondary N) is 3. The van der Waals surface area contributed by atoms with Gasteiger partial charge < -0.3 is 10.6 Å². The number of thioether (sulfide) groups is 1. The van der Waals surface area contributed by atoms with E-state index in [2.05, 4.69) is 17.6 Å².